The van der Waals surface area contributed by atoms with Crippen LogP contribution in [-0.4, -0.2) is 11.9 Å². The number of benzene rings is 1. The minimum absolute atomic E-state index is 0.276. The van der Waals surface area contributed by atoms with E-state index in [1.54, 1.807) is 0 Å². The highest BCUT2D eigenvalue weighted by atomic mass is 19.1. The van der Waals surface area contributed by atoms with E-state index in [0.29, 0.717) is 6.42 Å². The Morgan fingerprint density at radius 3 is 2.63 bits per heavy atom. The fourth-order valence-corrected chi connectivity index (χ4v) is 1.51. The third-order valence-corrected chi connectivity index (χ3v) is 2.45. The highest BCUT2D eigenvalue weighted by Gasteiger charge is 2.09. The fraction of sp³-hybridized carbons (Fsp3) is 0.286. The normalized spacial score (nSPS) is 12.1. The highest BCUT2D eigenvalue weighted by molar-refractivity contribution is 5.92. The predicted molar refractivity (Wildman–Crippen MR) is 67.8 cm³/mol. The number of nitrogens with one attached hydrogen (secondary N) is 1. The number of rotatable bonds is 5. The summed E-state index contributed by atoms with van der Waals surface area (Å²) in [5.41, 5.74) is -0.276. The van der Waals surface area contributed by atoms with Gasteiger partial charge < -0.3 is 5.32 Å². The highest BCUT2D eigenvalue weighted by Crippen LogP contribution is 2.13. The minimum Gasteiger partial charge on any atom is -0.337 e. The Morgan fingerprint density at radius 2 is 2.11 bits per heavy atom. The van der Waals surface area contributed by atoms with Gasteiger partial charge in [0.1, 0.15) is 17.7 Å². The molecular formula is C14H14F2N2O. The molecule has 0 aliphatic rings. The topological polar surface area (TPSA) is 52.9 Å². The lowest BCUT2D eigenvalue weighted by Gasteiger charge is -2.07. The Morgan fingerprint density at radius 1 is 1.47 bits per heavy atom. The van der Waals surface area contributed by atoms with Crippen LogP contribution < -0.4 is 5.32 Å². The monoisotopic (exact) mass is 264 g/mol. The maximum Gasteiger partial charge on any atom is 0.245 e. The van der Waals surface area contributed by atoms with Gasteiger partial charge in [-0.25, -0.2) is 8.78 Å². The zero-order valence-corrected chi connectivity index (χ0v) is 10.5. The molecule has 0 aromatic heterocycles. The SMILES string of the molecule is CCC[C@H](C#N)NC(=O)/C=C/c1c(F)cccc1F. The molecule has 1 aromatic carbocycles. The molecule has 0 aliphatic heterocycles. The van der Waals surface area contributed by atoms with Crippen LogP contribution in [0.25, 0.3) is 6.08 Å². The van der Waals surface area contributed by atoms with E-state index >= 15 is 0 Å². The summed E-state index contributed by atoms with van der Waals surface area (Å²) in [5.74, 6) is -2.04. The Kier molecular flexibility index (Phi) is 5.68. The Labute approximate surface area is 110 Å². The fourth-order valence-electron chi connectivity index (χ4n) is 1.51. The van der Waals surface area contributed by atoms with Crippen molar-refractivity contribution in [2.45, 2.75) is 25.8 Å². The first kappa shape index (κ1) is 14.8. The first-order valence-corrected chi connectivity index (χ1v) is 5.90. The number of nitrogens with zero attached hydrogens (tertiary/aromatic N) is 1. The van der Waals surface area contributed by atoms with Gasteiger partial charge in [0.05, 0.1) is 6.07 Å². The quantitative estimate of drug-likeness (QED) is 0.831. The predicted octanol–water partition coefficient (Wildman–Crippen LogP) is 2.79. The number of hydrogen-bond acceptors (Lipinski definition) is 2. The number of carbonyl (C=O) groups excluding carboxylic acids is 1. The van der Waals surface area contributed by atoms with E-state index in [4.69, 9.17) is 5.26 Å². The third kappa shape index (κ3) is 4.51. The van der Waals surface area contributed by atoms with Crippen molar-refractivity contribution in [2.24, 2.45) is 0 Å². The molecule has 5 heteroatoms. The van der Waals surface area contributed by atoms with Gasteiger partial charge >= 0.3 is 0 Å². The largest absolute Gasteiger partial charge is 0.337 e. The molecular weight excluding hydrogens is 250 g/mol. The van der Waals surface area contributed by atoms with Crippen molar-refractivity contribution < 1.29 is 13.6 Å². The van der Waals surface area contributed by atoms with Gasteiger partial charge in [-0.05, 0) is 24.6 Å². The van der Waals surface area contributed by atoms with E-state index in [2.05, 4.69) is 5.32 Å². The Balaban J connectivity index is 2.71. The third-order valence-electron chi connectivity index (χ3n) is 2.45. The van der Waals surface area contributed by atoms with Crippen LogP contribution in [0, 0.1) is 23.0 Å². The van der Waals surface area contributed by atoms with Crippen molar-refractivity contribution in [3.05, 3.63) is 41.5 Å². The second kappa shape index (κ2) is 7.27. The molecule has 0 bridgehead atoms. The summed E-state index contributed by atoms with van der Waals surface area (Å²) in [7, 11) is 0. The van der Waals surface area contributed by atoms with Gasteiger partial charge in [0.25, 0.3) is 0 Å². The lowest BCUT2D eigenvalue weighted by Crippen LogP contribution is -2.32. The van der Waals surface area contributed by atoms with Gasteiger partial charge in [-0.1, -0.05) is 19.4 Å². The van der Waals surface area contributed by atoms with E-state index in [1.165, 1.54) is 6.07 Å². The summed E-state index contributed by atoms with van der Waals surface area (Å²) < 4.78 is 26.6. The van der Waals surface area contributed by atoms with E-state index in [-0.39, 0.29) is 5.56 Å². The van der Waals surface area contributed by atoms with E-state index in [1.807, 2.05) is 13.0 Å². The van der Waals surface area contributed by atoms with Gasteiger partial charge in [-0.3, -0.25) is 4.79 Å². The van der Waals surface area contributed by atoms with Crippen LogP contribution in [0.3, 0.4) is 0 Å². The van der Waals surface area contributed by atoms with E-state index in [0.717, 1.165) is 30.7 Å². The van der Waals surface area contributed by atoms with Crippen molar-refractivity contribution in [3.8, 4) is 6.07 Å². The van der Waals surface area contributed by atoms with E-state index in [9.17, 15) is 13.6 Å². The molecule has 0 saturated heterocycles. The molecule has 0 radical (unpaired) electrons. The molecule has 0 spiro atoms. The van der Waals surface area contributed by atoms with Crippen molar-refractivity contribution in [1.29, 1.82) is 5.26 Å². The van der Waals surface area contributed by atoms with Crippen LogP contribution >= 0.6 is 0 Å². The van der Waals surface area contributed by atoms with Crippen LogP contribution in [0.1, 0.15) is 25.3 Å². The molecule has 0 saturated carbocycles. The molecule has 19 heavy (non-hydrogen) atoms. The number of halogens is 2. The Bertz CT molecular complexity index is 500. The smallest absolute Gasteiger partial charge is 0.245 e. The summed E-state index contributed by atoms with van der Waals surface area (Å²) in [5, 5.41) is 11.2. The molecule has 1 atom stereocenters. The summed E-state index contributed by atoms with van der Waals surface area (Å²) in [4.78, 5) is 11.5. The second-order valence-corrected chi connectivity index (χ2v) is 3.95. The van der Waals surface area contributed by atoms with Gasteiger partial charge in [-0.2, -0.15) is 5.26 Å². The van der Waals surface area contributed by atoms with Crippen molar-refractivity contribution >= 4 is 12.0 Å². The summed E-state index contributed by atoms with van der Waals surface area (Å²) >= 11 is 0. The van der Waals surface area contributed by atoms with Gasteiger partial charge in [0.2, 0.25) is 5.91 Å². The summed E-state index contributed by atoms with van der Waals surface area (Å²) in [6.45, 7) is 1.89. The molecule has 1 aromatic rings. The van der Waals surface area contributed by atoms with Crippen LogP contribution in [-0.2, 0) is 4.79 Å². The van der Waals surface area contributed by atoms with Crippen LogP contribution in [0.15, 0.2) is 24.3 Å². The lowest BCUT2D eigenvalue weighted by atomic mass is 10.1. The number of carbonyl (C=O) groups is 1. The average molecular weight is 264 g/mol. The molecule has 100 valence electrons. The van der Waals surface area contributed by atoms with Crippen molar-refractivity contribution in [3.63, 3.8) is 0 Å². The van der Waals surface area contributed by atoms with Crippen LogP contribution in [0.5, 0.6) is 0 Å². The number of amides is 1. The average Bonchev–Trinajstić information content (AvgIpc) is 2.37. The van der Waals surface area contributed by atoms with Crippen LogP contribution in [0.4, 0.5) is 8.78 Å². The zero-order chi connectivity index (χ0) is 14.3. The first-order valence-electron chi connectivity index (χ1n) is 5.90. The second-order valence-electron chi connectivity index (χ2n) is 3.95. The maximum absolute atomic E-state index is 13.3. The summed E-state index contributed by atoms with van der Waals surface area (Å²) in [6.07, 6.45) is 3.36. The summed E-state index contributed by atoms with van der Waals surface area (Å²) in [6, 6.07) is 4.81. The molecule has 0 fully saturated rings. The molecule has 1 rings (SSSR count). The molecule has 0 unspecified atom stereocenters. The lowest BCUT2D eigenvalue weighted by molar-refractivity contribution is -0.116. The zero-order valence-electron chi connectivity index (χ0n) is 10.5. The van der Waals surface area contributed by atoms with Crippen molar-refractivity contribution in [1.82, 2.24) is 5.32 Å². The van der Waals surface area contributed by atoms with Gasteiger partial charge in [0.15, 0.2) is 0 Å². The number of nitriles is 1. The maximum atomic E-state index is 13.3. The Hall–Kier alpha value is -2.22. The molecule has 0 heterocycles. The van der Waals surface area contributed by atoms with Gasteiger partial charge in [0, 0.05) is 11.6 Å². The molecule has 1 N–H and O–H groups in total. The van der Waals surface area contributed by atoms with Crippen LogP contribution in [0.2, 0.25) is 0 Å². The minimum atomic E-state index is -0.741. The first-order chi connectivity index (χ1) is 9.08. The number of hydrogen-bond donors (Lipinski definition) is 1. The van der Waals surface area contributed by atoms with Gasteiger partial charge in [-0.15, -0.1) is 0 Å². The molecule has 3 nitrogen and oxygen atoms in total. The van der Waals surface area contributed by atoms with E-state index < -0.39 is 23.6 Å². The van der Waals surface area contributed by atoms with Crippen molar-refractivity contribution in [2.75, 3.05) is 0 Å². The standard InChI is InChI=1S/C14H14F2N2O/c1-2-4-10(9-17)18-14(19)8-7-11-12(15)5-3-6-13(11)16/h3,5-8,10H,2,4H2,1H3,(H,18,19)/b8-7+/t10-/m1/s1. The molecule has 0 aliphatic carbocycles. The molecule has 1 amide bonds.